The summed E-state index contributed by atoms with van der Waals surface area (Å²) >= 11 is 0. The average Bonchev–Trinajstić information content (AvgIpc) is 2.99. The van der Waals surface area contributed by atoms with E-state index in [-0.39, 0.29) is 47.4 Å². The van der Waals surface area contributed by atoms with Crippen LogP contribution in [0, 0.1) is 0 Å². The van der Waals surface area contributed by atoms with E-state index in [1.807, 2.05) is 18.2 Å². The molecule has 15 nitrogen and oxygen atoms in total. The normalized spacial score (nSPS) is 14.3. The molecule has 0 atom stereocenters. The van der Waals surface area contributed by atoms with Crippen LogP contribution < -0.4 is 45.0 Å². The lowest BCUT2D eigenvalue weighted by Crippen LogP contribution is -2.34. The molecule has 0 saturated carbocycles. The van der Waals surface area contributed by atoms with Gasteiger partial charge in [-0.15, -0.1) is 0 Å². The first-order valence-electron chi connectivity index (χ1n) is 13.5. The van der Waals surface area contributed by atoms with Crippen LogP contribution >= 0.6 is 0 Å². The zero-order valence-corrected chi connectivity index (χ0v) is 24.5. The molecule has 2 aromatic heterocycles. The average molecular weight is 602 g/mol. The van der Waals surface area contributed by atoms with Crippen molar-refractivity contribution in [1.82, 2.24) is 49.5 Å². The number of aromatic hydroxyl groups is 1. The van der Waals surface area contributed by atoms with Gasteiger partial charge in [-0.1, -0.05) is 12.1 Å². The van der Waals surface area contributed by atoms with Gasteiger partial charge in [-0.05, 0) is 62.8 Å². The number of amides is 1. The maximum atomic E-state index is 12.8. The Labute approximate surface area is 256 Å². The molecule has 15 N–H and O–H groups in total. The standard InChI is InChI=1S/C28H31N9O2.4H3N.4H2/c38-24-17-19(11-12-22(24)32-25(39)23-18-29-20-9-3-4-10-21(20)31-23)30-26-33-27(36-13-5-1-6-14-36)35-28(34-26)37-15-7-2-8-16-37;;;;;;;;/h3-4,9-12,17-18,38H,1-2,5-8,13-16H2,(H,32,39)(H,30,33,34,35);4*1H3;4*1H. The number of piperidine rings is 2. The van der Waals surface area contributed by atoms with Gasteiger partial charge in [0.2, 0.25) is 17.8 Å². The largest absolute Gasteiger partial charge is 0.506 e. The van der Waals surface area contributed by atoms with Gasteiger partial charge in [0, 0.05) is 43.6 Å². The van der Waals surface area contributed by atoms with Crippen LogP contribution in [0.4, 0.5) is 29.2 Å². The van der Waals surface area contributed by atoms with Crippen molar-refractivity contribution in [2.24, 2.45) is 0 Å². The number of rotatable bonds is 6. The monoisotopic (exact) mass is 601 g/mol. The fourth-order valence-electron chi connectivity index (χ4n) is 4.98. The highest BCUT2D eigenvalue weighted by atomic mass is 16.3. The number of nitrogens with one attached hydrogen (secondary N) is 2. The summed E-state index contributed by atoms with van der Waals surface area (Å²) in [4.78, 5) is 40.1. The summed E-state index contributed by atoms with van der Waals surface area (Å²) in [6, 6.07) is 12.3. The summed E-state index contributed by atoms with van der Waals surface area (Å²) in [5.74, 6) is 1.23. The van der Waals surface area contributed by atoms with Crippen molar-refractivity contribution in [2.45, 2.75) is 38.5 Å². The fourth-order valence-corrected chi connectivity index (χ4v) is 4.98. The van der Waals surface area contributed by atoms with Crippen molar-refractivity contribution < 1.29 is 15.6 Å². The summed E-state index contributed by atoms with van der Waals surface area (Å²) in [7, 11) is 0. The number of hydrogen-bond acceptors (Lipinski definition) is 14. The third-order valence-electron chi connectivity index (χ3n) is 7.07. The highest BCUT2D eigenvalue weighted by Crippen LogP contribution is 2.30. The second-order valence-corrected chi connectivity index (χ2v) is 9.91. The number of fused-ring (bicyclic) bond motifs is 1. The van der Waals surface area contributed by atoms with Gasteiger partial charge >= 0.3 is 0 Å². The molecule has 2 saturated heterocycles. The van der Waals surface area contributed by atoms with Crippen molar-refractivity contribution in [3.8, 4) is 5.75 Å². The molecule has 2 aliphatic heterocycles. The molecule has 0 spiro atoms. The summed E-state index contributed by atoms with van der Waals surface area (Å²) < 4.78 is 0. The minimum atomic E-state index is -0.459. The molecule has 4 aromatic rings. The molecule has 0 aliphatic carbocycles. The lowest BCUT2D eigenvalue weighted by Gasteiger charge is -2.30. The van der Waals surface area contributed by atoms with Gasteiger partial charge in [-0.25, -0.2) is 4.98 Å². The molecule has 0 radical (unpaired) electrons. The number of hydrogen-bond donors (Lipinski definition) is 7. The SMILES string of the molecule is N.N.N.N.O=C(Nc1ccc(Nc2nc(N3CCCCC3)nc(N3CCCCC3)n2)cc1O)c1cnc2ccccc2n1.[HH].[HH].[HH].[HH]. The molecule has 43 heavy (non-hydrogen) atoms. The van der Waals surface area contributed by atoms with Crippen molar-refractivity contribution in [2.75, 3.05) is 46.6 Å². The Hall–Kier alpha value is -4.70. The van der Waals surface area contributed by atoms with E-state index in [4.69, 9.17) is 15.0 Å². The number of carbonyl (C=O) groups excluding carboxylic acids is 1. The molecule has 15 heteroatoms. The Bertz CT molecular complexity index is 1470. The number of anilines is 5. The van der Waals surface area contributed by atoms with E-state index in [0.29, 0.717) is 34.6 Å². The Morgan fingerprint density at radius 1 is 0.744 bits per heavy atom. The zero-order valence-electron chi connectivity index (χ0n) is 24.5. The van der Waals surface area contributed by atoms with Crippen LogP contribution in [0.1, 0.15) is 54.7 Å². The van der Waals surface area contributed by atoms with Gasteiger partial charge in [0.15, 0.2) is 0 Å². The van der Waals surface area contributed by atoms with E-state index in [1.54, 1.807) is 18.2 Å². The van der Waals surface area contributed by atoms with E-state index < -0.39 is 5.91 Å². The minimum absolute atomic E-state index is 0. The van der Waals surface area contributed by atoms with Gasteiger partial charge < -0.3 is 50.1 Å². The van der Waals surface area contributed by atoms with Gasteiger partial charge in [-0.2, -0.15) is 15.0 Å². The summed E-state index contributed by atoms with van der Waals surface area (Å²) in [6.45, 7) is 3.72. The lowest BCUT2D eigenvalue weighted by atomic mass is 10.1. The van der Waals surface area contributed by atoms with E-state index in [0.717, 1.165) is 51.9 Å². The molecule has 2 fully saturated rings. The highest BCUT2D eigenvalue weighted by molar-refractivity contribution is 6.04. The number of carbonyl (C=O) groups is 1. The molecule has 240 valence electrons. The van der Waals surface area contributed by atoms with E-state index in [2.05, 4.69) is 30.4 Å². The van der Waals surface area contributed by atoms with Crippen molar-refractivity contribution in [1.29, 1.82) is 0 Å². The predicted octanol–water partition coefficient (Wildman–Crippen LogP) is 6.13. The summed E-state index contributed by atoms with van der Waals surface area (Å²) in [5, 5.41) is 16.6. The lowest BCUT2D eigenvalue weighted by molar-refractivity contribution is 0.102. The third kappa shape index (κ3) is 7.98. The Balaban J connectivity index is -0.00000242. The number of phenolic OH excluding ortho intramolecular Hbond substituents is 1. The van der Waals surface area contributed by atoms with E-state index >= 15 is 0 Å². The van der Waals surface area contributed by atoms with Crippen LogP contribution in [0.15, 0.2) is 48.7 Å². The number of para-hydroxylation sites is 2. The number of aromatic nitrogens is 5. The molecule has 2 aromatic carbocycles. The summed E-state index contributed by atoms with van der Waals surface area (Å²) in [5.41, 5.74) is 2.35. The molecular formula is C28H51N13O2. The smallest absolute Gasteiger partial charge is 0.275 e. The second-order valence-electron chi connectivity index (χ2n) is 9.91. The molecule has 1 amide bonds. The Kier molecular flexibility index (Phi) is 12.4. The van der Waals surface area contributed by atoms with Crippen LogP contribution in [-0.2, 0) is 0 Å². The first-order chi connectivity index (χ1) is 19.1. The van der Waals surface area contributed by atoms with Gasteiger partial charge in [0.25, 0.3) is 5.91 Å². The van der Waals surface area contributed by atoms with Crippen LogP contribution in [0.5, 0.6) is 5.75 Å². The second kappa shape index (κ2) is 15.5. The highest BCUT2D eigenvalue weighted by Gasteiger charge is 2.21. The van der Waals surface area contributed by atoms with Crippen LogP contribution in [0.2, 0.25) is 0 Å². The van der Waals surface area contributed by atoms with Crippen molar-refractivity contribution in [3.05, 3.63) is 54.4 Å². The molecule has 6 rings (SSSR count). The molecule has 2 aliphatic rings. The van der Waals surface area contributed by atoms with Crippen LogP contribution in [0.25, 0.3) is 11.0 Å². The van der Waals surface area contributed by atoms with Gasteiger partial charge in [0.1, 0.15) is 11.4 Å². The number of phenols is 1. The van der Waals surface area contributed by atoms with Crippen molar-refractivity contribution in [3.63, 3.8) is 0 Å². The van der Waals surface area contributed by atoms with Crippen LogP contribution in [0.3, 0.4) is 0 Å². The quantitative estimate of drug-likeness (QED) is 0.122. The molecule has 4 heterocycles. The fraction of sp³-hybridized carbons (Fsp3) is 0.357. The van der Waals surface area contributed by atoms with Crippen molar-refractivity contribution >= 4 is 46.2 Å². The summed E-state index contributed by atoms with van der Waals surface area (Å²) in [6.07, 6.45) is 8.37. The number of benzene rings is 2. The maximum Gasteiger partial charge on any atom is 0.275 e. The first kappa shape index (κ1) is 34.5. The Morgan fingerprint density at radius 3 is 1.91 bits per heavy atom. The predicted molar refractivity (Wildman–Crippen MR) is 179 cm³/mol. The van der Waals surface area contributed by atoms with Crippen LogP contribution in [-0.4, -0.2) is 62.1 Å². The van der Waals surface area contributed by atoms with E-state index in [1.165, 1.54) is 25.1 Å². The maximum absolute atomic E-state index is 12.8. The number of nitrogens with zero attached hydrogens (tertiary/aromatic N) is 7. The topological polar surface area (TPSA) is 272 Å². The third-order valence-corrected chi connectivity index (χ3v) is 7.07. The minimum Gasteiger partial charge on any atom is -0.506 e. The zero-order chi connectivity index (χ0) is 26.6. The molecular weight excluding hydrogens is 550 g/mol. The molecule has 0 bridgehead atoms. The Morgan fingerprint density at radius 2 is 1.33 bits per heavy atom. The van der Waals surface area contributed by atoms with Gasteiger partial charge in [-0.3, -0.25) is 9.78 Å². The van der Waals surface area contributed by atoms with E-state index in [9.17, 15) is 9.90 Å². The van der Waals surface area contributed by atoms with Gasteiger partial charge in [0.05, 0.1) is 22.9 Å². The molecule has 0 unspecified atom stereocenters. The first-order valence-corrected chi connectivity index (χ1v) is 13.5.